The Morgan fingerprint density at radius 3 is 2.81 bits per heavy atom. The highest BCUT2D eigenvalue weighted by Crippen LogP contribution is 2.16. The number of aliphatic hydroxyl groups is 1. The van der Waals surface area contributed by atoms with Gasteiger partial charge in [-0.2, -0.15) is 5.10 Å². The number of fused-ring (bicyclic) bond motifs is 1. The molecule has 0 saturated heterocycles. The molecule has 0 fully saturated rings. The predicted octanol–water partition coefficient (Wildman–Crippen LogP) is 1.08. The second-order valence-electron chi connectivity index (χ2n) is 5.47. The molecule has 0 bridgehead atoms. The molecule has 2 heterocycles. The lowest BCUT2D eigenvalue weighted by molar-refractivity contribution is -0.121. The van der Waals surface area contributed by atoms with Crippen LogP contribution in [0.4, 0.5) is 0 Å². The van der Waals surface area contributed by atoms with E-state index in [1.165, 1.54) is 0 Å². The van der Waals surface area contributed by atoms with Crippen LogP contribution in [0.25, 0.3) is 5.65 Å². The van der Waals surface area contributed by atoms with Gasteiger partial charge in [0.15, 0.2) is 5.65 Å². The second kappa shape index (κ2) is 6.22. The summed E-state index contributed by atoms with van der Waals surface area (Å²) in [5.74, 6) is -0.0629. The monoisotopic (exact) mass is 290 g/mol. The van der Waals surface area contributed by atoms with Gasteiger partial charge in [-0.1, -0.05) is 0 Å². The molecule has 0 aliphatic heterocycles. The van der Waals surface area contributed by atoms with Gasteiger partial charge < -0.3 is 10.4 Å². The third kappa shape index (κ3) is 3.39. The maximum atomic E-state index is 11.8. The van der Waals surface area contributed by atoms with E-state index in [0.29, 0.717) is 12.8 Å². The van der Waals surface area contributed by atoms with Crippen LogP contribution in [-0.4, -0.2) is 38.3 Å². The van der Waals surface area contributed by atoms with E-state index in [1.54, 1.807) is 6.92 Å². The number of hydrogen-bond donors (Lipinski definition) is 2. The van der Waals surface area contributed by atoms with Gasteiger partial charge in [0.2, 0.25) is 5.91 Å². The molecule has 1 unspecified atom stereocenters. The number of aryl methyl sites for hydroxylation is 3. The van der Waals surface area contributed by atoms with Crippen LogP contribution in [0.15, 0.2) is 6.07 Å². The van der Waals surface area contributed by atoms with Crippen molar-refractivity contribution in [2.75, 3.05) is 6.61 Å². The summed E-state index contributed by atoms with van der Waals surface area (Å²) in [6.07, 6.45) is 0.989. The van der Waals surface area contributed by atoms with Crippen LogP contribution in [0.5, 0.6) is 0 Å². The van der Waals surface area contributed by atoms with Crippen LogP contribution >= 0.6 is 0 Å². The standard InChI is InChI=1S/C15H22N4O2/c1-9-7-14-17-11(3)13(12(4)19(14)18-9)5-6-15(21)16-10(2)8-20/h7,10,20H,5-6,8H2,1-4H3,(H,16,21). The van der Waals surface area contributed by atoms with E-state index in [0.717, 1.165) is 28.3 Å². The molecule has 2 aromatic rings. The first-order chi connectivity index (χ1) is 9.92. The van der Waals surface area contributed by atoms with E-state index in [4.69, 9.17) is 5.11 Å². The number of carbonyl (C=O) groups is 1. The smallest absolute Gasteiger partial charge is 0.220 e. The average molecular weight is 290 g/mol. The maximum Gasteiger partial charge on any atom is 0.220 e. The summed E-state index contributed by atoms with van der Waals surface area (Å²) >= 11 is 0. The van der Waals surface area contributed by atoms with E-state index < -0.39 is 0 Å². The first-order valence-corrected chi connectivity index (χ1v) is 7.15. The van der Waals surface area contributed by atoms with Crippen molar-refractivity contribution in [1.29, 1.82) is 0 Å². The molecule has 2 rings (SSSR count). The molecule has 0 spiro atoms. The minimum absolute atomic E-state index is 0.0517. The van der Waals surface area contributed by atoms with Gasteiger partial charge in [-0.05, 0) is 39.7 Å². The number of nitrogens with zero attached hydrogens (tertiary/aromatic N) is 3. The van der Waals surface area contributed by atoms with Gasteiger partial charge in [-0.15, -0.1) is 0 Å². The Bertz CT molecular complexity index is 663. The SMILES string of the molecule is Cc1cc2nc(C)c(CCC(=O)NC(C)CO)c(C)n2n1. The molecule has 6 nitrogen and oxygen atoms in total. The number of hydrogen-bond acceptors (Lipinski definition) is 4. The van der Waals surface area contributed by atoms with Gasteiger partial charge in [-0.3, -0.25) is 4.79 Å². The zero-order valence-corrected chi connectivity index (χ0v) is 13.0. The first-order valence-electron chi connectivity index (χ1n) is 7.15. The molecule has 6 heteroatoms. The summed E-state index contributed by atoms with van der Waals surface area (Å²) in [5.41, 5.74) is 4.77. The van der Waals surface area contributed by atoms with Crippen LogP contribution in [0.1, 0.15) is 36.0 Å². The quantitative estimate of drug-likeness (QED) is 0.863. The van der Waals surface area contributed by atoms with Crippen molar-refractivity contribution in [2.45, 2.75) is 46.6 Å². The third-order valence-electron chi connectivity index (χ3n) is 3.57. The highest BCUT2D eigenvalue weighted by atomic mass is 16.3. The van der Waals surface area contributed by atoms with Gasteiger partial charge in [0.25, 0.3) is 0 Å². The van der Waals surface area contributed by atoms with E-state index in [1.807, 2.05) is 31.4 Å². The molecule has 0 aliphatic rings. The Labute approximate surface area is 124 Å². The number of carbonyl (C=O) groups excluding carboxylic acids is 1. The largest absolute Gasteiger partial charge is 0.394 e. The van der Waals surface area contributed by atoms with Crippen molar-refractivity contribution >= 4 is 11.6 Å². The Hall–Kier alpha value is -1.95. The summed E-state index contributed by atoms with van der Waals surface area (Å²) < 4.78 is 1.83. The van der Waals surface area contributed by atoms with Gasteiger partial charge in [-0.25, -0.2) is 9.50 Å². The lowest BCUT2D eigenvalue weighted by Crippen LogP contribution is -2.35. The van der Waals surface area contributed by atoms with Crippen molar-refractivity contribution in [1.82, 2.24) is 19.9 Å². The summed E-state index contributed by atoms with van der Waals surface area (Å²) in [4.78, 5) is 16.4. The van der Waals surface area contributed by atoms with Gasteiger partial charge in [0.05, 0.1) is 12.3 Å². The minimum atomic E-state index is -0.214. The number of amides is 1. The summed E-state index contributed by atoms with van der Waals surface area (Å²) in [7, 11) is 0. The lowest BCUT2D eigenvalue weighted by Gasteiger charge is -2.13. The highest BCUT2D eigenvalue weighted by Gasteiger charge is 2.13. The Balaban J connectivity index is 2.16. The fourth-order valence-electron chi connectivity index (χ4n) is 2.43. The summed E-state index contributed by atoms with van der Waals surface area (Å²) in [6, 6.07) is 1.73. The lowest BCUT2D eigenvalue weighted by atomic mass is 10.1. The van der Waals surface area contributed by atoms with Crippen LogP contribution in [0.2, 0.25) is 0 Å². The Kier molecular flexibility index (Phi) is 4.57. The fraction of sp³-hybridized carbons (Fsp3) is 0.533. The molecule has 114 valence electrons. The van der Waals surface area contributed by atoms with Crippen LogP contribution < -0.4 is 5.32 Å². The molecule has 21 heavy (non-hydrogen) atoms. The summed E-state index contributed by atoms with van der Waals surface area (Å²) in [5, 5.41) is 16.1. The van der Waals surface area contributed by atoms with Crippen LogP contribution in [-0.2, 0) is 11.2 Å². The highest BCUT2D eigenvalue weighted by molar-refractivity contribution is 5.76. The molecule has 0 radical (unpaired) electrons. The van der Waals surface area contributed by atoms with Gasteiger partial charge >= 0.3 is 0 Å². The third-order valence-corrected chi connectivity index (χ3v) is 3.57. The molecule has 2 N–H and O–H groups in total. The zero-order chi connectivity index (χ0) is 15.6. The van der Waals surface area contributed by atoms with Crippen molar-refractivity contribution in [3.05, 3.63) is 28.7 Å². The Morgan fingerprint density at radius 1 is 1.43 bits per heavy atom. The van der Waals surface area contributed by atoms with Crippen molar-refractivity contribution in [3.8, 4) is 0 Å². The van der Waals surface area contributed by atoms with Gasteiger partial charge in [0.1, 0.15) is 0 Å². The van der Waals surface area contributed by atoms with E-state index in [2.05, 4.69) is 15.4 Å². The number of nitrogens with one attached hydrogen (secondary N) is 1. The van der Waals surface area contributed by atoms with E-state index in [-0.39, 0.29) is 18.6 Å². The maximum absolute atomic E-state index is 11.8. The Morgan fingerprint density at radius 2 is 2.14 bits per heavy atom. The first kappa shape index (κ1) is 15.4. The number of rotatable bonds is 5. The summed E-state index contributed by atoms with van der Waals surface area (Å²) in [6.45, 7) is 7.61. The molecule has 1 atom stereocenters. The predicted molar refractivity (Wildman–Crippen MR) is 80.2 cm³/mol. The normalized spacial score (nSPS) is 12.6. The zero-order valence-electron chi connectivity index (χ0n) is 13.0. The fourth-order valence-corrected chi connectivity index (χ4v) is 2.43. The second-order valence-corrected chi connectivity index (χ2v) is 5.47. The molecule has 1 amide bonds. The van der Waals surface area contributed by atoms with Crippen LogP contribution in [0, 0.1) is 20.8 Å². The topological polar surface area (TPSA) is 79.5 Å². The molecular weight excluding hydrogens is 268 g/mol. The molecule has 2 aromatic heterocycles. The van der Waals surface area contributed by atoms with Crippen molar-refractivity contribution in [2.24, 2.45) is 0 Å². The van der Waals surface area contributed by atoms with E-state index in [9.17, 15) is 4.79 Å². The minimum Gasteiger partial charge on any atom is -0.394 e. The van der Waals surface area contributed by atoms with Gasteiger partial charge in [0, 0.05) is 29.9 Å². The molecule has 0 aliphatic carbocycles. The number of aromatic nitrogens is 3. The number of aliphatic hydroxyl groups excluding tert-OH is 1. The van der Waals surface area contributed by atoms with E-state index >= 15 is 0 Å². The van der Waals surface area contributed by atoms with Crippen molar-refractivity contribution in [3.63, 3.8) is 0 Å². The van der Waals surface area contributed by atoms with Crippen LogP contribution in [0.3, 0.4) is 0 Å². The molecule has 0 saturated carbocycles. The molecular formula is C15H22N4O2. The van der Waals surface area contributed by atoms with Crippen molar-refractivity contribution < 1.29 is 9.90 Å². The molecule has 0 aromatic carbocycles. The average Bonchev–Trinajstić information content (AvgIpc) is 2.79.